The summed E-state index contributed by atoms with van der Waals surface area (Å²) < 4.78 is 5.67. The van der Waals surface area contributed by atoms with Crippen LogP contribution in [-0.2, 0) is 14.3 Å². The minimum absolute atomic E-state index is 0.108. The Balaban J connectivity index is 1.37. The summed E-state index contributed by atoms with van der Waals surface area (Å²) in [5.41, 5.74) is -0.102. The maximum absolute atomic E-state index is 13.2. The largest absolute Gasteiger partial charge is 0.390 e. The maximum atomic E-state index is 13.2. The van der Waals surface area contributed by atoms with E-state index in [1.807, 2.05) is 30.3 Å². The molecule has 0 radical (unpaired) electrons. The number of benzene rings is 1. The first-order chi connectivity index (χ1) is 12.9. The van der Waals surface area contributed by atoms with Gasteiger partial charge in [-0.25, -0.2) is 0 Å². The highest BCUT2D eigenvalue weighted by Crippen LogP contribution is 2.57. The first-order valence-corrected chi connectivity index (χ1v) is 9.94. The Bertz CT molecular complexity index is 751. The topological polar surface area (TPSA) is 87.7 Å². The number of amides is 2. The zero-order chi connectivity index (χ0) is 18.6. The predicted molar refractivity (Wildman–Crippen MR) is 97.6 cm³/mol. The van der Waals surface area contributed by atoms with Crippen LogP contribution in [0.1, 0.15) is 50.1 Å². The van der Waals surface area contributed by atoms with Crippen molar-refractivity contribution in [3.05, 3.63) is 35.9 Å². The molecular formula is C21H26N2O4. The summed E-state index contributed by atoms with van der Waals surface area (Å²) >= 11 is 0. The van der Waals surface area contributed by atoms with E-state index in [4.69, 9.17) is 4.74 Å². The van der Waals surface area contributed by atoms with Crippen molar-refractivity contribution in [1.29, 1.82) is 0 Å². The summed E-state index contributed by atoms with van der Waals surface area (Å²) in [6.45, 7) is -0.108. The Morgan fingerprint density at radius 1 is 1.15 bits per heavy atom. The van der Waals surface area contributed by atoms with Crippen molar-refractivity contribution in [3.8, 4) is 0 Å². The van der Waals surface area contributed by atoms with Crippen LogP contribution in [0.5, 0.6) is 0 Å². The second kappa shape index (κ2) is 6.04. The fourth-order valence-corrected chi connectivity index (χ4v) is 6.39. The highest BCUT2D eigenvalue weighted by molar-refractivity contribution is 5.86. The summed E-state index contributed by atoms with van der Waals surface area (Å²) in [6.07, 6.45) is 4.65. The highest BCUT2D eigenvalue weighted by Gasteiger charge is 2.58. The molecule has 2 unspecified atom stereocenters. The van der Waals surface area contributed by atoms with E-state index in [0.717, 1.165) is 31.2 Å². The van der Waals surface area contributed by atoms with Crippen LogP contribution in [0.4, 0.5) is 0 Å². The molecule has 1 aromatic rings. The number of carbonyl (C=O) groups is 2. The lowest BCUT2D eigenvalue weighted by atomic mass is 9.51. The quantitative estimate of drug-likeness (QED) is 0.751. The first kappa shape index (κ1) is 17.2. The lowest BCUT2D eigenvalue weighted by Gasteiger charge is -2.60. The SMILES string of the molecule is O=C1CO[C@H](C(=O)NC23CC4CC(CC(O)(C4)C2)C3)[C@@H](c2ccccc2)N1. The number of hydrogen-bond donors (Lipinski definition) is 3. The van der Waals surface area contributed by atoms with Crippen LogP contribution in [0.25, 0.3) is 0 Å². The number of ether oxygens (including phenoxy) is 1. The van der Waals surface area contributed by atoms with E-state index >= 15 is 0 Å². The molecule has 6 nitrogen and oxygen atoms in total. The fraction of sp³-hybridized carbons (Fsp3) is 0.619. The van der Waals surface area contributed by atoms with Crippen LogP contribution in [0.3, 0.4) is 0 Å². The lowest BCUT2D eigenvalue weighted by Crippen LogP contribution is -2.67. The Labute approximate surface area is 158 Å². The van der Waals surface area contributed by atoms with Gasteiger partial charge in [-0.2, -0.15) is 0 Å². The lowest BCUT2D eigenvalue weighted by molar-refractivity contribution is -0.161. The molecule has 5 aliphatic rings. The molecule has 5 fully saturated rings. The Morgan fingerprint density at radius 3 is 2.52 bits per heavy atom. The third kappa shape index (κ3) is 3.05. The van der Waals surface area contributed by atoms with E-state index < -0.39 is 17.7 Å². The van der Waals surface area contributed by atoms with E-state index in [2.05, 4.69) is 10.6 Å². The summed E-state index contributed by atoms with van der Waals surface area (Å²) in [4.78, 5) is 25.1. The van der Waals surface area contributed by atoms with Crippen molar-refractivity contribution in [1.82, 2.24) is 10.6 Å². The van der Waals surface area contributed by atoms with E-state index in [0.29, 0.717) is 18.3 Å². The first-order valence-electron chi connectivity index (χ1n) is 9.94. The molecular weight excluding hydrogens is 344 g/mol. The van der Waals surface area contributed by atoms with Crippen molar-refractivity contribution in [3.63, 3.8) is 0 Å². The van der Waals surface area contributed by atoms with Gasteiger partial charge in [0.1, 0.15) is 6.61 Å². The predicted octanol–water partition coefficient (Wildman–Crippen LogP) is 1.44. The van der Waals surface area contributed by atoms with Gasteiger partial charge in [0.05, 0.1) is 11.6 Å². The molecule has 4 bridgehead atoms. The van der Waals surface area contributed by atoms with Crippen LogP contribution < -0.4 is 10.6 Å². The van der Waals surface area contributed by atoms with Gasteiger partial charge < -0.3 is 20.5 Å². The van der Waals surface area contributed by atoms with Crippen LogP contribution in [0.2, 0.25) is 0 Å². The van der Waals surface area contributed by atoms with Crippen LogP contribution in [0, 0.1) is 11.8 Å². The molecule has 1 aliphatic heterocycles. The summed E-state index contributed by atoms with van der Waals surface area (Å²) in [6, 6.07) is 8.98. The van der Waals surface area contributed by atoms with Gasteiger partial charge in [-0.1, -0.05) is 30.3 Å². The van der Waals surface area contributed by atoms with E-state index in [-0.39, 0.29) is 24.0 Å². The Morgan fingerprint density at radius 2 is 1.85 bits per heavy atom. The molecule has 27 heavy (non-hydrogen) atoms. The number of hydrogen-bond acceptors (Lipinski definition) is 4. The summed E-state index contributed by atoms with van der Waals surface area (Å²) in [5, 5.41) is 17.1. The normalized spacial score (nSPS) is 42.6. The minimum atomic E-state index is -0.757. The summed E-state index contributed by atoms with van der Waals surface area (Å²) in [7, 11) is 0. The van der Waals surface area contributed by atoms with Gasteiger partial charge in [-0.3, -0.25) is 9.59 Å². The second-order valence-corrected chi connectivity index (χ2v) is 9.14. The van der Waals surface area contributed by atoms with E-state index in [1.165, 1.54) is 6.42 Å². The molecule has 2 amide bonds. The van der Waals surface area contributed by atoms with Gasteiger partial charge in [0.2, 0.25) is 5.91 Å². The molecule has 1 saturated heterocycles. The third-order valence-electron chi connectivity index (χ3n) is 6.85. The number of nitrogens with one attached hydrogen (secondary N) is 2. The van der Waals surface area contributed by atoms with Gasteiger partial charge >= 0.3 is 0 Å². The second-order valence-electron chi connectivity index (χ2n) is 9.14. The molecule has 6 heteroatoms. The van der Waals surface area contributed by atoms with Crippen molar-refractivity contribution in [2.75, 3.05) is 6.61 Å². The molecule has 144 valence electrons. The molecule has 4 aliphatic carbocycles. The number of carbonyl (C=O) groups excluding carboxylic acids is 2. The monoisotopic (exact) mass is 370 g/mol. The van der Waals surface area contributed by atoms with Crippen LogP contribution >= 0.6 is 0 Å². The number of morpholine rings is 1. The number of rotatable bonds is 3. The zero-order valence-corrected chi connectivity index (χ0v) is 15.3. The average molecular weight is 370 g/mol. The Kier molecular flexibility index (Phi) is 3.85. The van der Waals surface area contributed by atoms with Crippen molar-refractivity contribution >= 4 is 11.8 Å². The smallest absolute Gasteiger partial charge is 0.252 e. The standard InChI is InChI=1S/C21H26N2O4/c24-16-11-27-18(17(22-16)15-4-2-1-3-5-15)19(25)23-20-7-13-6-14(8-20)10-21(26,9-13)12-20/h1-5,13-14,17-18,26H,6-12H2,(H,22,24)(H,23,25)/t13?,14?,17-,18+,20?,21?/m1/s1. The summed E-state index contributed by atoms with van der Waals surface area (Å²) in [5.74, 6) is 0.591. The van der Waals surface area contributed by atoms with Crippen molar-refractivity contribution in [2.45, 2.75) is 61.8 Å². The van der Waals surface area contributed by atoms with Crippen molar-refractivity contribution in [2.24, 2.45) is 11.8 Å². The maximum Gasteiger partial charge on any atom is 0.252 e. The van der Waals surface area contributed by atoms with Gasteiger partial charge in [-0.05, 0) is 55.9 Å². The Hall–Kier alpha value is -1.92. The minimum Gasteiger partial charge on any atom is -0.390 e. The highest BCUT2D eigenvalue weighted by atomic mass is 16.5. The van der Waals surface area contributed by atoms with Gasteiger partial charge in [0.25, 0.3) is 5.91 Å². The third-order valence-corrected chi connectivity index (χ3v) is 6.85. The molecule has 4 atom stereocenters. The van der Waals surface area contributed by atoms with E-state index in [9.17, 15) is 14.7 Å². The molecule has 1 aromatic carbocycles. The molecule has 1 heterocycles. The van der Waals surface area contributed by atoms with Crippen LogP contribution in [0.15, 0.2) is 30.3 Å². The zero-order valence-electron chi connectivity index (χ0n) is 15.3. The van der Waals surface area contributed by atoms with Crippen molar-refractivity contribution < 1.29 is 19.4 Å². The number of aliphatic hydroxyl groups is 1. The van der Waals surface area contributed by atoms with Gasteiger partial charge in [0.15, 0.2) is 6.10 Å². The molecule has 0 aromatic heterocycles. The van der Waals surface area contributed by atoms with Gasteiger partial charge in [-0.15, -0.1) is 0 Å². The molecule has 4 saturated carbocycles. The van der Waals surface area contributed by atoms with Crippen LogP contribution in [-0.4, -0.2) is 40.8 Å². The average Bonchev–Trinajstić information content (AvgIpc) is 2.59. The fourth-order valence-electron chi connectivity index (χ4n) is 6.39. The molecule has 3 N–H and O–H groups in total. The van der Waals surface area contributed by atoms with E-state index in [1.54, 1.807) is 0 Å². The molecule has 0 spiro atoms. The van der Waals surface area contributed by atoms with Gasteiger partial charge in [0, 0.05) is 5.54 Å². The molecule has 6 rings (SSSR count).